The van der Waals surface area contributed by atoms with Gasteiger partial charge in [0, 0.05) is 32.5 Å². The lowest BCUT2D eigenvalue weighted by Crippen LogP contribution is -2.21. The Morgan fingerprint density at radius 3 is 2.67 bits per heavy atom. The van der Waals surface area contributed by atoms with Crippen molar-refractivity contribution in [3.63, 3.8) is 0 Å². The summed E-state index contributed by atoms with van der Waals surface area (Å²) in [4.78, 5) is 6.19. The molecule has 2 aromatic rings. The minimum atomic E-state index is 0.642. The highest BCUT2D eigenvalue weighted by Gasteiger charge is 2.05. The van der Waals surface area contributed by atoms with E-state index in [2.05, 4.69) is 45.3 Å². The van der Waals surface area contributed by atoms with Crippen LogP contribution in [-0.4, -0.2) is 28.8 Å². The van der Waals surface area contributed by atoms with E-state index in [1.54, 1.807) is 6.20 Å². The third kappa shape index (κ3) is 5.11. The maximum atomic E-state index is 4.29. The molecule has 0 aliphatic heterocycles. The van der Waals surface area contributed by atoms with Crippen molar-refractivity contribution in [2.45, 2.75) is 26.9 Å². The lowest BCUT2D eigenvalue weighted by molar-refractivity contribution is 0.546. The topological polar surface area (TPSA) is 53.9 Å². The van der Waals surface area contributed by atoms with Gasteiger partial charge in [-0.3, -0.25) is 4.98 Å². The van der Waals surface area contributed by atoms with Gasteiger partial charge >= 0.3 is 0 Å². The van der Waals surface area contributed by atoms with E-state index < -0.39 is 0 Å². The van der Waals surface area contributed by atoms with Gasteiger partial charge in [-0.1, -0.05) is 19.9 Å². The van der Waals surface area contributed by atoms with Crippen LogP contribution in [0.1, 0.15) is 25.1 Å². The summed E-state index contributed by atoms with van der Waals surface area (Å²) in [6.45, 7) is 6.90. The summed E-state index contributed by atoms with van der Waals surface area (Å²) in [5.74, 6) is 1.51. The molecule has 0 aromatic carbocycles. The van der Waals surface area contributed by atoms with Crippen molar-refractivity contribution in [2.75, 3.05) is 18.5 Å². The maximum absolute atomic E-state index is 4.29. The number of nitrogens with one attached hydrogen (secondary N) is 1. The third-order valence-corrected chi connectivity index (χ3v) is 3.10. The van der Waals surface area contributed by atoms with Crippen molar-refractivity contribution in [1.29, 1.82) is 0 Å². The van der Waals surface area contributed by atoms with Gasteiger partial charge in [0.15, 0.2) is 5.82 Å². The normalized spacial score (nSPS) is 10.9. The molecule has 5 heteroatoms. The van der Waals surface area contributed by atoms with Crippen molar-refractivity contribution < 1.29 is 0 Å². The zero-order valence-electron chi connectivity index (χ0n) is 13.0. The molecular weight excluding hydrogens is 262 g/mol. The highest BCUT2D eigenvalue weighted by atomic mass is 15.2. The van der Waals surface area contributed by atoms with E-state index in [-0.39, 0.29) is 0 Å². The number of hydrogen-bond acceptors (Lipinski definition) is 5. The lowest BCUT2D eigenvalue weighted by atomic mass is 10.2. The largest absolute Gasteiger partial charge is 0.354 e. The molecule has 0 atom stereocenters. The molecular formula is C16H23N5. The number of aromatic nitrogens is 3. The Hall–Kier alpha value is -2.01. The lowest BCUT2D eigenvalue weighted by Gasteiger charge is -2.17. The second-order valence-corrected chi connectivity index (χ2v) is 5.62. The second-order valence-electron chi connectivity index (χ2n) is 5.62. The van der Waals surface area contributed by atoms with E-state index >= 15 is 0 Å². The standard InChI is InChI=1S/C16H23N5/c1-13(2)9-18-11-15-6-7-16(20-19-15)21(3)12-14-5-4-8-17-10-14/h4-8,10,13,18H,9,11-12H2,1-3H3. The zero-order chi connectivity index (χ0) is 15.1. The summed E-state index contributed by atoms with van der Waals surface area (Å²) >= 11 is 0. The van der Waals surface area contributed by atoms with Crippen molar-refractivity contribution in [3.8, 4) is 0 Å². The summed E-state index contributed by atoms with van der Waals surface area (Å²) in [5, 5.41) is 11.9. The van der Waals surface area contributed by atoms with Crippen molar-refractivity contribution >= 4 is 5.82 Å². The monoisotopic (exact) mass is 285 g/mol. The zero-order valence-corrected chi connectivity index (χ0v) is 13.0. The maximum Gasteiger partial charge on any atom is 0.151 e. The molecule has 0 fully saturated rings. The fraction of sp³-hybridized carbons (Fsp3) is 0.438. The summed E-state index contributed by atoms with van der Waals surface area (Å²) in [6, 6.07) is 8.03. The first kappa shape index (κ1) is 15.4. The van der Waals surface area contributed by atoms with E-state index in [1.807, 2.05) is 31.4 Å². The van der Waals surface area contributed by atoms with Crippen LogP contribution < -0.4 is 10.2 Å². The Labute approximate surface area is 126 Å². The van der Waals surface area contributed by atoms with Crippen molar-refractivity contribution in [3.05, 3.63) is 47.9 Å². The Balaban J connectivity index is 1.89. The average molecular weight is 285 g/mol. The van der Waals surface area contributed by atoms with Crippen LogP contribution in [0.15, 0.2) is 36.7 Å². The third-order valence-electron chi connectivity index (χ3n) is 3.10. The molecule has 0 aliphatic carbocycles. The van der Waals surface area contributed by atoms with Crippen LogP contribution in [0.2, 0.25) is 0 Å². The fourth-order valence-corrected chi connectivity index (χ4v) is 1.99. The van der Waals surface area contributed by atoms with Gasteiger partial charge in [-0.25, -0.2) is 0 Å². The molecule has 112 valence electrons. The van der Waals surface area contributed by atoms with Gasteiger partial charge in [0.2, 0.25) is 0 Å². The number of pyridine rings is 1. The number of anilines is 1. The van der Waals surface area contributed by atoms with Crippen LogP contribution in [0.3, 0.4) is 0 Å². The molecule has 2 rings (SSSR count). The smallest absolute Gasteiger partial charge is 0.151 e. The van der Waals surface area contributed by atoms with E-state index in [0.29, 0.717) is 5.92 Å². The van der Waals surface area contributed by atoms with Gasteiger partial charge in [0.05, 0.1) is 5.69 Å². The molecule has 0 aliphatic rings. The molecule has 5 nitrogen and oxygen atoms in total. The highest BCUT2D eigenvalue weighted by Crippen LogP contribution is 2.11. The van der Waals surface area contributed by atoms with Crippen LogP contribution in [0, 0.1) is 5.92 Å². The molecule has 0 unspecified atom stereocenters. The number of rotatable bonds is 7. The van der Waals surface area contributed by atoms with Crippen molar-refractivity contribution in [2.24, 2.45) is 5.92 Å². The van der Waals surface area contributed by atoms with Crippen molar-refractivity contribution in [1.82, 2.24) is 20.5 Å². The molecule has 0 saturated heterocycles. The van der Waals surface area contributed by atoms with Gasteiger partial charge in [0.1, 0.15) is 0 Å². The van der Waals surface area contributed by atoms with Gasteiger partial charge in [-0.05, 0) is 36.2 Å². The summed E-state index contributed by atoms with van der Waals surface area (Å²) < 4.78 is 0. The Morgan fingerprint density at radius 2 is 2.05 bits per heavy atom. The van der Waals surface area contributed by atoms with Gasteiger partial charge in [0.25, 0.3) is 0 Å². The van der Waals surface area contributed by atoms with Gasteiger partial charge in [-0.15, -0.1) is 5.10 Å². The van der Waals surface area contributed by atoms with Crippen LogP contribution in [0.4, 0.5) is 5.82 Å². The van der Waals surface area contributed by atoms with E-state index in [9.17, 15) is 0 Å². The van der Waals surface area contributed by atoms with Crippen LogP contribution in [-0.2, 0) is 13.1 Å². The predicted molar refractivity (Wildman–Crippen MR) is 84.9 cm³/mol. The Kier molecular flexibility index (Phi) is 5.63. The molecule has 2 aromatic heterocycles. The minimum absolute atomic E-state index is 0.642. The van der Waals surface area contributed by atoms with E-state index in [1.165, 1.54) is 0 Å². The minimum Gasteiger partial charge on any atom is -0.354 e. The summed E-state index contributed by atoms with van der Waals surface area (Å²) in [5.41, 5.74) is 2.12. The predicted octanol–water partition coefficient (Wildman–Crippen LogP) is 2.25. The Bertz CT molecular complexity index is 524. The van der Waals surface area contributed by atoms with E-state index in [0.717, 1.165) is 36.7 Å². The molecule has 0 radical (unpaired) electrons. The highest BCUT2D eigenvalue weighted by molar-refractivity contribution is 5.37. The number of hydrogen-bond donors (Lipinski definition) is 1. The first-order valence-electron chi connectivity index (χ1n) is 7.28. The van der Waals surface area contributed by atoms with Crippen LogP contribution >= 0.6 is 0 Å². The molecule has 0 spiro atoms. The van der Waals surface area contributed by atoms with Crippen LogP contribution in [0.5, 0.6) is 0 Å². The molecule has 0 bridgehead atoms. The average Bonchev–Trinajstić information content (AvgIpc) is 2.48. The fourth-order valence-electron chi connectivity index (χ4n) is 1.99. The first-order chi connectivity index (χ1) is 10.1. The summed E-state index contributed by atoms with van der Waals surface area (Å²) in [7, 11) is 2.01. The van der Waals surface area contributed by atoms with Crippen LogP contribution in [0.25, 0.3) is 0 Å². The number of nitrogens with zero attached hydrogens (tertiary/aromatic N) is 4. The van der Waals surface area contributed by atoms with Gasteiger partial charge < -0.3 is 10.2 Å². The first-order valence-corrected chi connectivity index (χ1v) is 7.28. The molecule has 21 heavy (non-hydrogen) atoms. The molecule has 2 heterocycles. The summed E-state index contributed by atoms with van der Waals surface area (Å²) in [6.07, 6.45) is 3.65. The molecule has 1 N–H and O–H groups in total. The quantitative estimate of drug-likeness (QED) is 0.845. The Morgan fingerprint density at radius 1 is 1.19 bits per heavy atom. The molecule has 0 saturated carbocycles. The van der Waals surface area contributed by atoms with E-state index in [4.69, 9.17) is 0 Å². The second kappa shape index (κ2) is 7.69. The van der Waals surface area contributed by atoms with Gasteiger partial charge in [-0.2, -0.15) is 5.10 Å². The SMILES string of the molecule is CC(C)CNCc1ccc(N(C)Cc2cccnc2)nn1. The molecule has 0 amide bonds.